The van der Waals surface area contributed by atoms with Gasteiger partial charge in [-0.05, 0) is 55.7 Å². The molecule has 0 amide bonds. The predicted molar refractivity (Wildman–Crippen MR) is 126 cm³/mol. The van der Waals surface area contributed by atoms with E-state index in [2.05, 4.69) is 48.9 Å². The summed E-state index contributed by atoms with van der Waals surface area (Å²) < 4.78 is 7.07. The van der Waals surface area contributed by atoms with Gasteiger partial charge in [0.1, 0.15) is 5.75 Å². The van der Waals surface area contributed by atoms with Crippen molar-refractivity contribution in [3.63, 3.8) is 0 Å². The minimum Gasteiger partial charge on any atom is -0.491 e. The van der Waals surface area contributed by atoms with E-state index in [1.165, 1.54) is 0 Å². The highest BCUT2D eigenvalue weighted by Gasteiger charge is 2.47. The molecule has 0 fully saturated rings. The third-order valence-electron chi connectivity index (χ3n) is 6.36. The highest BCUT2D eigenvalue weighted by Crippen LogP contribution is 2.52. The van der Waals surface area contributed by atoms with Gasteiger partial charge in [0, 0.05) is 51.3 Å². The van der Waals surface area contributed by atoms with Gasteiger partial charge in [-0.3, -0.25) is 9.59 Å². The molecule has 0 aromatic heterocycles. The summed E-state index contributed by atoms with van der Waals surface area (Å²) in [6.45, 7) is 12.5. The van der Waals surface area contributed by atoms with Crippen molar-refractivity contribution >= 4 is 27.5 Å². The van der Waals surface area contributed by atoms with Crippen molar-refractivity contribution in [1.82, 2.24) is 5.32 Å². The Balaban J connectivity index is 1.96. The van der Waals surface area contributed by atoms with Crippen LogP contribution in [0.1, 0.15) is 78.7 Å². The van der Waals surface area contributed by atoms with Gasteiger partial charge in [-0.15, -0.1) is 0 Å². The average Bonchev–Trinajstić information content (AvgIpc) is 2.59. The van der Waals surface area contributed by atoms with Gasteiger partial charge in [0.25, 0.3) is 0 Å². The molecule has 2 aliphatic carbocycles. The zero-order valence-corrected chi connectivity index (χ0v) is 20.9. The molecule has 0 radical (unpaired) electrons. The van der Waals surface area contributed by atoms with E-state index in [1.54, 1.807) is 0 Å². The normalized spacial score (nSPS) is 23.0. The van der Waals surface area contributed by atoms with E-state index in [0.29, 0.717) is 12.8 Å². The van der Waals surface area contributed by atoms with Crippen LogP contribution >= 0.6 is 15.9 Å². The van der Waals surface area contributed by atoms with Gasteiger partial charge in [-0.1, -0.05) is 43.6 Å². The summed E-state index contributed by atoms with van der Waals surface area (Å²) in [7, 11) is 0. The summed E-state index contributed by atoms with van der Waals surface area (Å²) in [5.74, 6) is 0.607. The molecular weight excluding hydrogens is 454 g/mol. The molecule has 31 heavy (non-hydrogen) atoms. The number of ketones is 2. The second kappa shape index (κ2) is 7.61. The number of halogens is 1. The van der Waals surface area contributed by atoms with Crippen molar-refractivity contribution in [2.75, 3.05) is 0 Å². The molecule has 4 nitrogen and oxygen atoms in total. The largest absolute Gasteiger partial charge is 0.491 e. The maximum atomic E-state index is 13.5. The first kappa shape index (κ1) is 22.3. The Bertz CT molecular complexity index is 977. The number of allylic oxidation sites excluding steroid dienone is 4. The lowest BCUT2D eigenvalue weighted by atomic mass is 9.64. The summed E-state index contributed by atoms with van der Waals surface area (Å²) in [4.78, 5) is 26.9. The molecule has 1 heterocycles. The predicted octanol–water partition coefficient (Wildman–Crippen LogP) is 6.21. The summed E-state index contributed by atoms with van der Waals surface area (Å²) in [6.07, 6.45) is 2.56. The molecule has 5 heteroatoms. The standard InChI is InChI=1S/C26H32BrNO3/c1-14(2)31-21-8-7-15(27)9-16(21)22-23-17(10-25(3,4)12-19(23)29)28-18-11-26(5,6)13-20(30)24(18)22/h7-9,14,22,28H,10-13H2,1-6H3. The highest BCUT2D eigenvalue weighted by atomic mass is 79.9. The zero-order chi connectivity index (χ0) is 22.7. The van der Waals surface area contributed by atoms with Gasteiger partial charge in [0.15, 0.2) is 11.6 Å². The van der Waals surface area contributed by atoms with Crippen LogP contribution in [0.15, 0.2) is 45.2 Å². The molecule has 0 bridgehead atoms. The third-order valence-corrected chi connectivity index (χ3v) is 6.86. The van der Waals surface area contributed by atoms with E-state index in [0.717, 1.165) is 51.2 Å². The second-order valence-electron chi connectivity index (χ2n) is 11.1. The number of hydrogen-bond donors (Lipinski definition) is 1. The number of hydrogen-bond acceptors (Lipinski definition) is 4. The van der Waals surface area contributed by atoms with Crippen LogP contribution in [0.5, 0.6) is 5.75 Å². The second-order valence-corrected chi connectivity index (χ2v) is 12.0. The molecule has 166 valence electrons. The van der Waals surface area contributed by atoms with Crippen molar-refractivity contribution < 1.29 is 14.3 Å². The van der Waals surface area contributed by atoms with E-state index in [9.17, 15) is 9.59 Å². The Labute approximate surface area is 193 Å². The van der Waals surface area contributed by atoms with E-state index in [-0.39, 0.29) is 34.4 Å². The number of nitrogens with one attached hydrogen (secondary N) is 1. The number of carbonyl (C=O) groups is 2. The topological polar surface area (TPSA) is 55.4 Å². The van der Waals surface area contributed by atoms with Crippen LogP contribution in [-0.4, -0.2) is 17.7 Å². The van der Waals surface area contributed by atoms with E-state index in [1.807, 2.05) is 32.0 Å². The Kier molecular flexibility index (Phi) is 5.48. The summed E-state index contributed by atoms with van der Waals surface area (Å²) in [5, 5.41) is 3.57. The number of carbonyl (C=O) groups excluding carboxylic acids is 2. The first-order chi connectivity index (χ1) is 14.4. The van der Waals surface area contributed by atoms with Gasteiger partial charge in [-0.25, -0.2) is 0 Å². The lowest BCUT2D eigenvalue weighted by Gasteiger charge is -2.44. The van der Waals surface area contributed by atoms with Crippen molar-refractivity contribution in [1.29, 1.82) is 0 Å². The monoisotopic (exact) mass is 485 g/mol. The molecule has 0 atom stereocenters. The van der Waals surface area contributed by atoms with E-state index < -0.39 is 0 Å². The minimum atomic E-state index is -0.385. The number of benzene rings is 1. The molecule has 1 aromatic carbocycles. The fourth-order valence-electron chi connectivity index (χ4n) is 5.31. The Morgan fingerprint density at radius 1 is 0.935 bits per heavy atom. The molecule has 0 spiro atoms. The van der Waals surface area contributed by atoms with E-state index >= 15 is 0 Å². The number of ether oxygens (including phenoxy) is 1. The summed E-state index contributed by atoms with van der Waals surface area (Å²) in [6, 6.07) is 5.91. The van der Waals surface area contributed by atoms with Crippen LogP contribution in [0.25, 0.3) is 0 Å². The average molecular weight is 486 g/mol. The molecule has 1 aliphatic heterocycles. The van der Waals surface area contributed by atoms with Gasteiger partial charge < -0.3 is 10.1 Å². The summed E-state index contributed by atoms with van der Waals surface area (Å²) in [5.41, 5.74) is 4.14. The van der Waals surface area contributed by atoms with Crippen LogP contribution in [0.2, 0.25) is 0 Å². The van der Waals surface area contributed by atoms with Crippen molar-refractivity contribution in [3.8, 4) is 5.75 Å². The quantitative estimate of drug-likeness (QED) is 0.552. The molecule has 0 saturated carbocycles. The molecular formula is C26H32BrNO3. The number of rotatable bonds is 3. The Morgan fingerprint density at radius 3 is 1.94 bits per heavy atom. The first-order valence-electron chi connectivity index (χ1n) is 11.1. The number of dihydropyridines is 1. The lowest BCUT2D eigenvalue weighted by Crippen LogP contribution is -2.42. The zero-order valence-electron chi connectivity index (χ0n) is 19.3. The van der Waals surface area contributed by atoms with Crippen LogP contribution in [-0.2, 0) is 9.59 Å². The van der Waals surface area contributed by atoms with Crippen LogP contribution in [0, 0.1) is 10.8 Å². The fraction of sp³-hybridized carbons (Fsp3) is 0.538. The lowest BCUT2D eigenvalue weighted by molar-refractivity contribution is -0.119. The minimum absolute atomic E-state index is 0.00878. The summed E-state index contributed by atoms with van der Waals surface area (Å²) >= 11 is 3.60. The molecule has 3 aliphatic rings. The van der Waals surface area contributed by atoms with Gasteiger partial charge >= 0.3 is 0 Å². The van der Waals surface area contributed by atoms with E-state index in [4.69, 9.17) is 4.74 Å². The van der Waals surface area contributed by atoms with Gasteiger partial charge in [-0.2, -0.15) is 0 Å². The smallest absolute Gasteiger partial charge is 0.162 e. The van der Waals surface area contributed by atoms with Crippen LogP contribution < -0.4 is 10.1 Å². The molecule has 1 N–H and O–H groups in total. The highest BCUT2D eigenvalue weighted by molar-refractivity contribution is 9.10. The molecule has 0 saturated heterocycles. The Hall–Kier alpha value is -1.88. The maximum Gasteiger partial charge on any atom is 0.162 e. The third kappa shape index (κ3) is 4.26. The van der Waals surface area contributed by atoms with Crippen molar-refractivity contribution in [2.24, 2.45) is 10.8 Å². The van der Waals surface area contributed by atoms with Crippen molar-refractivity contribution in [3.05, 3.63) is 50.8 Å². The molecule has 4 rings (SSSR count). The number of Topliss-reactive ketones (excluding diaryl/α,β-unsaturated/α-hetero) is 2. The molecule has 1 aromatic rings. The first-order valence-corrected chi connectivity index (χ1v) is 11.9. The SMILES string of the molecule is CC(C)Oc1ccc(Br)cc1C1C2=C(CC(C)(C)CC2=O)NC2=C1C(=O)CC(C)(C)C2. The van der Waals surface area contributed by atoms with Crippen LogP contribution in [0.3, 0.4) is 0 Å². The fourth-order valence-corrected chi connectivity index (χ4v) is 5.68. The van der Waals surface area contributed by atoms with Crippen LogP contribution in [0.4, 0.5) is 0 Å². The maximum absolute atomic E-state index is 13.5. The van der Waals surface area contributed by atoms with Gasteiger partial charge in [0.05, 0.1) is 6.10 Å². The van der Waals surface area contributed by atoms with Crippen molar-refractivity contribution in [2.45, 2.75) is 79.2 Å². The molecule has 0 unspecified atom stereocenters. The van der Waals surface area contributed by atoms with Gasteiger partial charge in [0.2, 0.25) is 0 Å². The Morgan fingerprint density at radius 2 is 1.45 bits per heavy atom.